The van der Waals surface area contributed by atoms with Gasteiger partial charge in [-0.25, -0.2) is 4.98 Å². The van der Waals surface area contributed by atoms with Crippen LogP contribution in [0.15, 0.2) is 47.6 Å². The smallest absolute Gasteiger partial charge is 0.383 e. The number of methoxy groups -OCH3 is 1. The van der Waals surface area contributed by atoms with Crippen LogP contribution in [-0.2, 0) is 22.3 Å². The number of carbonyl (C=O) groups excluding carboxylic acids is 1. The number of thioether (sulfide) groups is 1. The standard InChI is InChI=1S/C19H17F3N4O4S/c1-30-9-8-25-16-5-3-2-4-15(16)24-18(25)31-11-17(27)23-14-7-6-12(26(28)29)10-13(14)19(20,21)22/h2-7,10H,8-9,11H2,1H3,(H,23,27). The van der Waals surface area contributed by atoms with Crippen LogP contribution < -0.4 is 5.32 Å². The Morgan fingerprint density at radius 3 is 2.71 bits per heavy atom. The molecule has 12 heteroatoms. The van der Waals surface area contributed by atoms with Crippen LogP contribution in [-0.4, -0.2) is 39.9 Å². The van der Waals surface area contributed by atoms with Crippen molar-refractivity contribution in [2.45, 2.75) is 17.9 Å². The first kappa shape index (κ1) is 22.6. The summed E-state index contributed by atoms with van der Waals surface area (Å²) in [6, 6.07) is 9.53. The molecule has 2 aromatic carbocycles. The summed E-state index contributed by atoms with van der Waals surface area (Å²) in [6.45, 7) is 0.902. The van der Waals surface area contributed by atoms with Crippen molar-refractivity contribution in [3.63, 3.8) is 0 Å². The highest BCUT2D eigenvalue weighted by atomic mass is 32.2. The van der Waals surface area contributed by atoms with Gasteiger partial charge < -0.3 is 14.6 Å². The van der Waals surface area contributed by atoms with E-state index >= 15 is 0 Å². The van der Waals surface area contributed by atoms with Crippen LogP contribution in [0.25, 0.3) is 11.0 Å². The molecule has 31 heavy (non-hydrogen) atoms. The normalized spacial score (nSPS) is 11.6. The molecule has 1 heterocycles. The van der Waals surface area contributed by atoms with Crippen LogP contribution in [0.2, 0.25) is 0 Å². The third-order valence-corrected chi connectivity index (χ3v) is 5.24. The number of alkyl halides is 3. The number of anilines is 1. The monoisotopic (exact) mass is 454 g/mol. The molecule has 0 radical (unpaired) electrons. The fourth-order valence-electron chi connectivity index (χ4n) is 2.87. The summed E-state index contributed by atoms with van der Waals surface area (Å²) in [7, 11) is 1.56. The van der Waals surface area contributed by atoms with Crippen LogP contribution in [0.5, 0.6) is 0 Å². The van der Waals surface area contributed by atoms with Crippen molar-refractivity contribution >= 4 is 40.1 Å². The first-order chi connectivity index (χ1) is 14.7. The van der Waals surface area contributed by atoms with Crippen molar-refractivity contribution < 1.29 is 27.6 Å². The zero-order valence-electron chi connectivity index (χ0n) is 16.2. The van der Waals surface area contributed by atoms with Crippen molar-refractivity contribution in [1.82, 2.24) is 9.55 Å². The lowest BCUT2D eigenvalue weighted by Gasteiger charge is -2.13. The number of non-ortho nitro benzene ring substituents is 1. The SMILES string of the molecule is COCCn1c(SCC(=O)Nc2ccc([N+](=O)[O-])cc2C(F)(F)F)nc2ccccc21. The molecule has 0 saturated carbocycles. The molecule has 8 nitrogen and oxygen atoms in total. The fraction of sp³-hybridized carbons (Fsp3) is 0.263. The topological polar surface area (TPSA) is 99.3 Å². The first-order valence-corrected chi connectivity index (χ1v) is 9.91. The van der Waals surface area contributed by atoms with Crippen LogP contribution in [0.4, 0.5) is 24.5 Å². The number of halogens is 3. The van der Waals surface area contributed by atoms with Crippen molar-refractivity contribution in [3.8, 4) is 0 Å². The van der Waals surface area contributed by atoms with Gasteiger partial charge in [-0.1, -0.05) is 23.9 Å². The van der Waals surface area contributed by atoms with E-state index in [2.05, 4.69) is 10.3 Å². The number of nitrogens with one attached hydrogen (secondary N) is 1. The lowest BCUT2D eigenvalue weighted by molar-refractivity contribution is -0.385. The maximum absolute atomic E-state index is 13.3. The molecule has 1 N–H and O–H groups in total. The molecule has 0 aliphatic heterocycles. The summed E-state index contributed by atoms with van der Waals surface area (Å²) in [5.41, 5.74) is -0.982. The molecule has 0 saturated heterocycles. The van der Waals surface area contributed by atoms with Crippen molar-refractivity contribution in [1.29, 1.82) is 0 Å². The molecule has 0 bridgehead atoms. The maximum Gasteiger partial charge on any atom is 0.418 e. The average molecular weight is 454 g/mol. The van der Waals surface area contributed by atoms with Gasteiger partial charge in [0, 0.05) is 25.8 Å². The van der Waals surface area contributed by atoms with E-state index in [4.69, 9.17) is 4.74 Å². The molecule has 3 aromatic rings. The highest BCUT2D eigenvalue weighted by molar-refractivity contribution is 7.99. The number of hydrogen-bond acceptors (Lipinski definition) is 6. The summed E-state index contributed by atoms with van der Waals surface area (Å²) in [5, 5.41) is 13.5. The van der Waals surface area contributed by atoms with Crippen LogP contribution in [0.1, 0.15) is 5.56 Å². The van der Waals surface area contributed by atoms with Gasteiger partial charge in [-0.2, -0.15) is 13.2 Å². The minimum absolute atomic E-state index is 0.204. The Morgan fingerprint density at radius 1 is 1.29 bits per heavy atom. The second-order valence-corrected chi connectivity index (χ2v) is 7.29. The van der Waals surface area contributed by atoms with Crippen LogP contribution in [0, 0.1) is 10.1 Å². The third-order valence-electron chi connectivity index (χ3n) is 4.26. The number of para-hydroxylation sites is 2. The highest BCUT2D eigenvalue weighted by Gasteiger charge is 2.35. The molecular weight excluding hydrogens is 437 g/mol. The molecule has 1 aromatic heterocycles. The van der Waals surface area contributed by atoms with Gasteiger partial charge in [0.2, 0.25) is 5.91 Å². The minimum atomic E-state index is -4.87. The van der Waals surface area contributed by atoms with Gasteiger partial charge in [-0.15, -0.1) is 0 Å². The number of hydrogen-bond donors (Lipinski definition) is 1. The molecule has 3 rings (SSSR count). The number of nitro groups is 1. The molecule has 164 valence electrons. The zero-order valence-corrected chi connectivity index (χ0v) is 17.0. The second-order valence-electron chi connectivity index (χ2n) is 6.35. The van der Waals surface area contributed by atoms with Crippen LogP contribution in [0.3, 0.4) is 0 Å². The molecular formula is C19H17F3N4O4S. The quantitative estimate of drug-likeness (QED) is 0.309. The van der Waals surface area contributed by atoms with E-state index in [-0.39, 0.29) is 5.75 Å². The van der Waals surface area contributed by atoms with Crippen molar-refractivity contribution in [2.24, 2.45) is 0 Å². The third kappa shape index (κ3) is 5.33. The van der Waals surface area contributed by atoms with E-state index in [1.807, 2.05) is 28.8 Å². The molecule has 0 aliphatic carbocycles. The average Bonchev–Trinajstić information content (AvgIpc) is 3.07. The van der Waals surface area contributed by atoms with Crippen molar-refractivity contribution in [3.05, 3.63) is 58.1 Å². The Balaban J connectivity index is 1.77. The van der Waals surface area contributed by atoms with E-state index in [0.29, 0.717) is 24.4 Å². The van der Waals surface area contributed by atoms with Crippen molar-refractivity contribution in [2.75, 3.05) is 24.8 Å². The number of nitro benzene ring substituents is 1. The predicted octanol–water partition coefficient (Wildman–Crippen LogP) is 4.34. The summed E-state index contributed by atoms with van der Waals surface area (Å²) in [6.07, 6.45) is -4.87. The lowest BCUT2D eigenvalue weighted by Crippen LogP contribution is -2.18. The minimum Gasteiger partial charge on any atom is -0.383 e. The predicted molar refractivity (Wildman–Crippen MR) is 109 cm³/mol. The number of nitrogens with zero attached hydrogens (tertiary/aromatic N) is 3. The van der Waals surface area contributed by atoms with Gasteiger partial charge >= 0.3 is 6.18 Å². The number of fused-ring (bicyclic) bond motifs is 1. The second kappa shape index (κ2) is 9.35. The van der Waals surface area contributed by atoms with E-state index < -0.39 is 33.9 Å². The number of imidazole rings is 1. The Labute approximate surface area is 178 Å². The molecule has 0 spiro atoms. The largest absolute Gasteiger partial charge is 0.418 e. The van der Waals surface area contributed by atoms with Gasteiger partial charge in [0.05, 0.1) is 39.6 Å². The van der Waals surface area contributed by atoms with E-state index in [0.717, 1.165) is 34.9 Å². The van der Waals surface area contributed by atoms with Gasteiger partial charge in [0.15, 0.2) is 5.16 Å². The zero-order chi connectivity index (χ0) is 22.6. The number of aromatic nitrogens is 2. The molecule has 0 aliphatic rings. The number of rotatable bonds is 8. The molecule has 1 amide bonds. The number of amides is 1. The van der Waals surface area contributed by atoms with E-state index in [1.54, 1.807) is 7.11 Å². The number of benzene rings is 2. The summed E-state index contributed by atoms with van der Waals surface area (Å²) >= 11 is 1.07. The highest BCUT2D eigenvalue weighted by Crippen LogP contribution is 2.37. The first-order valence-electron chi connectivity index (χ1n) is 8.93. The molecule has 0 fully saturated rings. The number of carbonyl (C=O) groups is 1. The van der Waals surface area contributed by atoms with E-state index in [1.165, 1.54) is 0 Å². The summed E-state index contributed by atoms with van der Waals surface area (Å²) in [5.74, 6) is -0.903. The Morgan fingerprint density at radius 2 is 2.03 bits per heavy atom. The molecule has 0 atom stereocenters. The Kier molecular flexibility index (Phi) is 6.81. The maximum atomic E-state index is 13.3. The van der Waals surface area contributed by atoms with Crippen LogP contribution >= 0.6 is 11.8 Å². The lowest BCUT2D eigenvalue weighted by atomic mass is 10.1. The van der Waals surface area contributed by atoms with E-state index in [9.17, 15) is 28.1 Å². The van der Waals surface area contributed by atoms with Gasteiger partial charge in [0.25, 0.3) is 5.69 Å². The Hall–Kier alpha value is -3.12. The Bertz CT molecular complexity index is 1120. The summed E-state index contributed by atoms with van der Waals surface area (Å²) < 4.78 is 46.8. The van der Waals surface area contributed by atoms with Gasteiger partial charge in [-0.05, 0) is 18.2 Å². The number of ether oxygens (including phenoxy) is 1. The summed E-state index contributed by atoms with van der Waals surface area (Å²) in [4.78, 5) is 26.7. The van der Waals surface area contributed by atoms with Gasteiger partial charge in [-0.3, -0.25) is 14.9 Å². The van der Waals surface area contributed by atoms with Gasteiger partial charge in [0.1, 0.15) is 0 Å². The molecule has 0 unspecified atom stereocenters. The fourth-order valence-corrected chi connectivity index (χ4v) is 3.71.